The zero-order valence-electron chi connectivity index (χ0n) is 15.0. The van der Waals surface area contributed by atoms with Crippen LogP contribution in [0.25, 0.3) is 0 Å². The van der Waals surface area contributed by atoms with Crippen LogP contribution < -0.4 is 14.2 Å². The largest absolute Gasteiger partial charge is 0.493 e. The lowest BCUT2D eigenvalue weighted by atomic mass is 9.98. The first-order valence-corrected chi connectivity index (χ1v) is 8.66. The summed E-state index contributed by atoms with van der Waals surface area (Å²) in [5.41, 5.74) is 4.12. The lowest BCUT2D eigenvalue weighted by molar-refractivity contribution is -0.0177. The van der Waals surface area contributed by atoms with E-state index in [4.69, 9.17) is 18.9 Å². The van der Waals surface area contributed by atoms with Crippen LogP contribution >= 0.6 is 0 Å². The highest BCUT2D eigenvalue weighted by Crippen LogP contribution is 2.35. The Morgan fingerprint density at radius 2 is 1.81 bits per heavy atom. The van der Waals surface area contributed by atoms with Crippen molar-refractivity contribution in [2.75, 3.05) is 27.6 Å². The summed E-state index contributed by atoms with van der Waals surface area (Å²) in [6.07, 6.45) is 0.914. The number of nitrogens with zero attached hydrogens (tertiary/aromatic N) is 1. The smallest absolute Gasteiger partial charge is 0.189 e. The molecule has 0 fully saturated rings. The SMILES string of the molecule is COc1cc2c(cc1OC)CN(Cc1cc(F)cc3c1OCOC3)CC2. The van der Waals surface area contributed by atoms with Crippen molar-refractivity contribution in [1.82, 2.24) is 4.90 Å². The van der Waals surface area contributed by atoms with E-state index >= 15 is 0 Å². The number of methoxy groups -OCH3 is 2. The van der Waals surface area contributed by atoms with Gasteiger partial charge in [-0.1, -0.05) is 0 Å². The van der Waals surface area contributed by atoms with E-state index < -0.39 is 0 Å². The Hall–Kier alpha value is -2.31. The third-order valence-electron chi connectivity index (χ3n) is 4.94. The molecule has 4 rings (SSSR count). The van der Waals surface area contributed by atoms with E-state index in [-0.39, 0.29) is 12.6 Å². The fourth-order valence-corrected chi connectivity index (χ4v) is 3.69. The molecule has 138 valence electrons. The molecule has 0 spiro atoms. The molecule has 0 amide bonds. The molecule has 0 radical (unpaired) electrons. The summed E-state index contributed by atoms with van der Waals surface area (Å²) in [5.74, 6) is 2.00. The van der Waals surface area contributed by atoms with E-state index in [1.807, 2.05) is 6.07 Å². The summed E-state index contributed by atoms with van der Waals surface area (Å²) in [6, 6.07) is 7.14. The molecular weight excluding hydrogens is 337 g/mol. The van der Waals surface area contributed by atoms with E-state index in [1.165, 1.54) is 17.2 Å². The molecule has 0 saturated carbocycles. The molecular formula is C20H22FNO4. The van der Waals surface area contributed by atoms with Crippen molar-refractivity contribution in [2.24, 2.45) is 0 Å². The van der Waals surface area contributed by atoms with Crippen LogP contribution in [0.3, 0.4) is 0 Å². The van der Waals surface area contributed by atoms with Gasteiger partial charge in [-0.3, -0.25) is 4.90 Å². The summed E-state index contributed by atoms with van der Waals surface area (Å²) < 4.78 is 35.7. The molecule has 0 N–H and O–H groups in total. The summed E-state index contributed by atoms with van der Waals surface area (Å²) in [4.78, 5) is 2.29. The van der Waals surface area contributed by atoms with E-state index in [0.29, 0.717) is 13.2 Å². The van der Waals surface area contributed by atoms with Crippen LogP contribution in [0, 0.1) is 5.82 Å². The highest BCUT2D eigenvalue weighted by Gasteiger charge is 2.23. The zero-order valence-corrected chi connectivity index (χ0v) is 15.0. The van der Waals surface area contributed by atoms with Crippen molar-refractivity contribution in [3.63, 3.8) is 0 Å². The molecule has 2 aromatic rings. The van der Waals surface area contributed by atoms with Gasteiger partial charge in [0.15, 0.2) is 18.3 Å². The van der Waals surface area contributed by atoms with Gasteiger partial charge >= 0.3 is 0 Å². The number of halogens is 1. The summed E-state index contributed by atoms with van der Waals surface area (Å²) in [7, 11) is 3.29. The second-order valence-corrected chi connectivity index (χ2v) is 6.60. The number of fused-ring (bicyclic) bond motifs is 2. The molecule has 0 atom stereocenters. The molecule has 5 nitrogen and oxygen atoms in total. The van der Waals surface area contributed by atoms with Crippen molar-refractivity contribution >= 4 is 0 Å². The van der Waals surface area contributed by atoms with Gasteiger partial charge in [0, 0.05) is 30.8 Å². The number of ether oxygens (including phenoxy) is 4. The highest BCUT2D eigenvalue weighted by atomic mass is 19.1. The van der Waals surface area contributed by atoms with Crippen LogP contribution in [0.15, 0.2) is 24.3 Å². The van der Waals surface area contributed by atoms with Gasteiger partial charge in [-0.25, -0.2) is 4.39 Å². The third-order valence-corrected chi connectivity index (χ3v) is 4.94. The van der Waals surface area contributed by atoms with Gasteiger partial charge < -0.3 is 18.9 Å². The molecule has 0 aromatic heterocycles. The maximum atomic E-state index is 14.0. The monoisotopic (exact) mass is 359 g/mol. The third kappa shape index (κ3) is 3.22. The minimum Gasteiger partial charge on any atom is -0.493 e. The molecule has 0 bridgehead atoms. The molecule has 6 heteroatoms. The van der Waals surface area contributed by atoms with Crippen LogP contribution in [0.5, 0.6) is 17.2 Å². The van der Waals surface area contributed by atoms with Crippen LogP contribution in [-0.2, 0) is 30.9 Å². The minimum atomic E-state index is -0.253. The van der Waals surface area contributed by atoms with Crippen molar-refractivity contribution in [2.45, 2.75) is 26.1 Å². The first-order chi connectivity index (χ1) is 12.7. The normalized spacial score (nSPS) is 16.4. The quantitative estimate of drug-likeness (QED) is 0.838. The predicted octanol–water partition coefficient (Wildman–Crippen LogP) is 3.27. The maximum absolute atomic E-state index is 14.0. The van der Waals surface area contributed by atoms with Gasteiger partial charge in [-0.15, -0.1) is 0 Å². The van der Waals surface area contributed by atoms with Crippen molar-refractivity contribution in [3.8, 4) is 17.2 Å². The summed E-state index contributed by atoms with van der Waals surface area (Å²) >= 11 is 0. The van der Waals surface area contributed by atoms with Crippen molar-refractivity contribution in [3.05, 3.63) is 52.3 Å². The first-order valence-electron chi connectivity index (χ1n) is 8.66. The lowest BCUT2D eigenvalue weighted by Crippen LogP contribution is -2.30. The summed E-state index contributed by atoms with van der Waals surface area (Å²) in [5, 5.41) is 0. The van der Waals surface area contributed by atoms with E-state index in [2.05, 4.69) is 11.0 Å². The molecule has 26 heavy (non-hydrogen) atoms. The second-order valence-electron chi connectivity index (χ2n) is 6.60. The fourth-order valence-electron chi connectivity index (χ4n) is 3.69. The Kier molecular flexibility index (Phi) is 4.70. The fraction of sp³-hybridized carbons (Fsp3) is 0.400. The molecule has 0 saturated heterocycles. The Morgan fingerprint density at radius 1 is 1.04 bits per heavy atom. The topological polar surface area (TPSA) is 40.2 Å². The number of hydrogen-bond donors (Lipinski definition) is 0. The minimum absolute atomic E-state index is 0.214. The molecule has 0 aliphatic carbocycles. The average Bonchev–Trinajstić information content (AvgIpc) is 2.66. The molecule has 0 unspecified atom stereocenters. The average molecular weight is 359 g/mol. The Labute approximate surface area is 152 Å². The Balaban J connectivity index is 1.58. The Bertz CT molecular complexity index is 824. The van der Waals surface area contributed by atoms with E-state index in [0.717, 1.165) is 47.9 Å². The van der Waals surface area contributed by atoms with Gasteiger partial charge in [-0.2, -0.15) is 0 Å². The van der Waals surface area contributed by atoms with Gasteiger partial charge in [0.1, 0.15) is 11.6 Å². The van der Waals surface area contributed by atoms with Gasteiger partial charge in [0.25, 0.3) is 0 Å². The lowest BCUT2D eigenvalue weighted by Gasteiger charge is -2.31. The highest BCUT2D eigenvalue weighted by molar-refractivity contribution is 5.48. The van der Waals surface area contributed by atoms with Crippen LogP contribution in [-0.4, -0.2) is 32.5 Å². The van der Waals surface area contributed by atoms with Crippen LogP contribution in [0.2, 0.25) is 0 Å². The van der Waals surface area contributed by atoms with Gasteiger partial charge in [0.05, 0.1) is 20.8 Å². The second kappa shape index (κ2) is 7.13. The molecule has 2 aliphatic heterocycles. The Morgan fingerprint density at radius 3 is 2.58 bits per heavy atom. The summed E-state index contributed by atoms with van der Waals surface area (Å²) in [6.45, 7) is 2.90. The maximum Gasteiger partial charge on any atom is 0.189 e. The predicted molar refractivity (Wildman–Crippen MR) is 94.0 cm³/mol. The van der Waals surface area contributed by atoms with Crippen LogP contribution in [0.1, 0.15) is 22.3 Å². The van der Waals surface area contributed by atoms with Crippen molar-refractivity contribution in [1.29, 1.82) is 0 Å². The van der Waals surface area contributed by atoms with Crippen molar-refractivity contribution < 1.29 is 23.3 Å². The molecule has 2 aliphatic rings. The number of hydrogen-bond acceptors (Lipinski definition) is 5. The van der Waals surface area contributed by atoms with E-state index in [9.17, 15) is 4.39 Å². The van der Waals surface area contributed by atoms with Crippen LogP contribution in [0.4, 0.5) is 4.39 Å². The molecule has 2 heterocycles. The van der Waals surface area contributed by atoms with E-state index in [1.54, 1.807) is 20.3 Å². The molecule has 2 aromatic carbocycles. The first kappa shape index (κ1) is 17.1. The van der Waals surface area contributed by atoms with Gasteiger partial charge in [-0.05, 0) is 41.8 Å². The number of benzene rings is 2. The standard InChI is InChI=1S/C20H22FNO4/c1-23-18-7-13-3-4-22(9-14(13)8-19(18)24-2)10-15-5-17(21)6-16-11-25-12-26-20(15)16/h5-8H,3-4,9-12H2,1-2H3. The zero-order chi connectivity index (χ0) is 18.1. The number of rotatable bonds is 4. The van der Waals surface area contributed by atoms with Gasteiger partial charge in [0.2, 0.25) is 0 Å².